The predicted molar refractivity (Wildman–Crippen MR) is 96.6 cm³/mol. The zero-order valence-corrected chi connectivity index (χ0v) is 14.5. The second-order valence-electron chi connectivity index (χ2n) is 7.44. The quantitative estimate of drug-likeness (QED) is 0.776. The number of thiophene rings is 1. The van der Waals surface area contributed by atoms with Crippen LogP contribution in [0.1, 0.15) is 67.9 Å². The Morgan fingerprint density at radius 3 is 2.59 bits per heavy atom. The molecule has 1 unspecified atom stereocenters. The van der Waals surface area contributed by atoms with E-state index < -0.39 is 0 Å². The maximum absolute atomic E-state index is 4.41. The van der Waals surface area contributed by atoms with E-state index in [9.17, 15) is 0 Å². The molecule has 0 radical (unpaired) electrons. The van der Waals surface area contributed by atoms with Crippen molar-refractivity contribution in [2.24, 2.45) is 5.92 Å². The van der Waals surface area contributed by atoms with Crippen molar-refractivity contribution in [3.05, 3.63) is 22.6 Å². The molecule has 2 fully saturated rings. The summed E-state index contributed by atoms with van der Waals surface area (Å²) in [4.78, 5) is 1.61. The highest BCUT2D eigenvalue weighted by molar-refractivity contribution is 7.16. The Morgan fingerprint density at radius 2 is 1.91 bits per heavy atom. The number of hydrogen-bond acceptors (Lipinski definition) is 3. The van der Waals surface area contributed by atoms with Gasteiger partial charge in [0, 0.05) is 28.2 Å². The second kappa shape index (κ2) is 5.92. The van der Waals surface area contributed by atoms with Crippen LogP contribution in [-0.2, 0) is 12.8 Å². The van der Waals surface area contributed by atoms with Gasteiger partial charge in [-0.25, -0.2) is 0 Å². The van der Waals surface area contributed by atoms with Crippen LogP contribution in [0.15, 0.2) is 6.58 Å². The van der Waals surface area contributed by atoms with Crippen LogP contribution in [0.4, 0.5) is 5.00 Å². The van der Waals surface area contributed by atoms with Gasteiger partial charge in [-0.05, 0) is 76.2 Å². The first-order valence-corrected chi connectivity index (χ1v) is 9.91. The molecule has 2 N–H and O–H groups in total. The van der Waals surface area contributed by atoms with E-state index in [0.717, 1.165) is 5.92 Å². The molecular formula is C19H28N2S. The number of aryl methyl sites for hydroxylation is 1. The van der Waals surface area contributed by atoms with E-state index in [0.29, 0.717) is 12.1 Å². The molecule has 2 nitrogen and oxygen atoms in total. The van der Waals surface area contributed by atoms with Crippen LogP contribution in [0.2, 0.25) is 0 Å². The molecule has 3 heteroatoms. The second-order valence-corrected chi connectivity index (χ2v) is 8.54. The number of rotatable bonds is 6. The average molecular weight is 317 g/mol. The van der Waals surface area contributed by atoms with E-state index in [4.69, 9.17) is 0 Å². The molecule has 1 aromatic heterocycles. The molecule has 0 saturated heterocycles. The molecule has 1 atom stereocenters. The summed E-state index contributed by atoms with van der Waals surface area (Å²) in [6.45, 7) is 6.76. The molecule has 0 amide bonds. The van der Waals surface area contributed by atoms with Crippen LogP contribution >= 0.6 is 11.3 Å². The van der Waals surface area contributed by atoms with E-state index in [1.165, 1.54) is 74.0 Å². The van der Waals surface area contributed by atoms with Gasteiger partial charge in [-0.2, -0.15) is 0 Å². The summed E-state index contributed by atoms with van der Waals surface area (Å²) in [6.07, 6.45) is 12.0. The summed E-state index contributed by atoms with van der Waals surface area (Å²) in [5.74, 6) is 0.889. The smallest absolute Gasteiger partial charge is 0.0984 e. The highest BCUT2D eigenvalue weighted by Crippen LogP contribution is 2.43. The van der Waals surface area contributed by atoms with E-state index in [1.807, 2.05) is 11.3 Å². The molecule has 0 aliphatic heterocycles. The summed E-state index contributed by atoms with van der Waals surface area (Å²) in [6, 6.07) is 1.27. The Labute approximate surface area is 138 Å². The lowest BCUT2D eigenvalue weighted by molar-refractivity contribution is 0.378. The number of hydrogen-bond donors (Lipinski definition) is 2. The summed E-state index contributed by atoms with van der Waals surface area (Å²) in [5, 5.41) is 8.93. The van der Waals surface area contributed by atoms with Gasteiger partial charge in [0.15, 0.2) is 0 Å². The van der Waals surface area contributed by atoms with Crippen LogP contribution in [-0.4, -0.2) is 12.1 Å². The lowest BCUT2D eigenvalue weighted by atomic mass is 9.91. The zero-order valence-electron chi connectivity index (χ0n) is 13.7. The van der Waals surface area contributed by atoms with Crippen molar-refractivity contribution >= 4 is 22.0 Å². The van der Waals surface area contributed by atoms with Crippen LogP contribution < -0.4 is 10.6 Å². The van der Waals surface area contributed by atoms with Crippen LogP contribution in [0.5, 0.6) is 0 Å². The monoisotopic (exact) mass is 316 g/mol. The topological polar surface area (TPSA) is 24.1 Å². The summed E-state index contributed by atoms with van der Waals surface area (Å²) in [7, 11) is 0. The molecule has 1 aromatic rings. The molecule has 1 heterocycles. The molecule has 3 aliphatic rings. The first kappa shape index (κ1) is 14.6. The molecule has 0 spiro atoms. The lowest BCUT2D eigenvalue weighted by Gasteiger charge is -2.29. The van der Waals surface area contributed by atoms with Gasteiger partial charge >= 0.3 is 0 Å². The number of anilines is 1. The van der Waals surface area contributed by atoms with Crippen LogP contribution in [0, 0.1) is 5.92 Å². The van der Waals surface area contributed by atoms with Crippen LogP contribution in [0.25, 0.3) is 5.70 Å². The van der Waals surface area contributed by atoms with Gasteiger partial charge in [0.05, 0.1) is 5.00 Å². The van der Waals surface area contributed by atoms with Gasteiger partial charge in [-0.15, -0.1) is 11.3 Å². The van der Waals surface area contributed by atoms with Gasteiger partial charge in [0.2, 0.25) is 0 Å². The van der Waals surface area contributed by atoms with E-state index in [1.54, 1.807) is 10.4 Å². The standard InChI is InChI=1S/C19H28N2S/c1-12(14-10-11-14)21-19-18(13(2)20-15-6-5-7-15)16-8-3-4-9-17(16)22-19/h12,14-15,20-21H,2-11H2,1H3. The Kier molecular flexibility index (Phi) is 3.93. The fourth-order valence-corrected chi connectivity index (χ4v) is 5.19. The molecule has 4 rings (SSSR count). The highest BCUT2D eigenvalue weighted by Gasteiger charge is 2.30. The average Bonchev–Trinajstić information content (AvgIpc) is 3.24. The van der Waals surface area contributed by atoms with Crippen LogP contribution in [0.3, 0.4) is 0 Å². The molecule has 2 saturated carbocycles. The fourth-order valence-electron chi connectivity index (χ4n) is 3.78. The molecule has 22 heavy (non-hydrogen) atoms. The first-order chi connectivity index (χ1) is 10.7. The molecule has 0 aromatic carbocycles. The first-order valence-electron chi connectivity index (χ1n) is 9.09. The minimum atomic E-state index is 0.607. The van der Waals surface area contributed by atoms with Crippen molar-refractivity contribution in [2.45, 2.75) is 76.8 Å². The maximum atomic E-state index is 4.41. The number of nitrogens with one attached hydrogen (secondary N) is 2. The van der Waals surface area contributed by atoms with E-state index in [-0.39, 0.29) is 0 Å². The van der Waals surface area contributed by atoms with Crippen molar-refractivity contribution in [1.29, 1.82) is 0 Å². The molecular weight excluding hydrogens is 288 g/mol. The predicted octanol–water partition coefficient (Wildman–Crippen LogP) is 4.95. The van der Waals surface area contributed by atoms with Gasteiger partial charge in [-0.3, -0.25) is 0 Å². The zero-order chi connectivity index (χ0) is 15.1. The Morgan fingerprint density at radius 1 is 1.14 bits per heavy atom. The van der Waals surface area contributed by atoms with Crippen molar-refractivity contribution in [1.82, 2.24) is 5.32 Å². The Balaban J connectivity index is 1.60. The summed E-state index contributed by atoms with van der Waals surface area (Å²) >= 11 is 2.00. The van der Waals surface area contributed by atoms with Crippen molar-refractivity contribution < 1.29 is 0 Å². The summed E-state index contributed by atoms with van der Waals surface area (Å²) < 4.78 is 0. The minimum absolute atomic E-state index is 0.607. The van der Waals surface area contributed by atoms with Gasteiger partial charge < -0.3 is 10.6 Å². The fraction of sp³-hybridized carbons (Fsp3) is 0.684. The SMILES string of the molecule is C=C(NC1CCC1)c1c(NC(C)C2CC2)sc2c1CCCC2. The summed E-state index contributed by atoms with van der Waals surface area (Å²) in [5.41, 5.74) is 4.20. The molecule has 120 valence electrons. The minimum Gasteiger partial charge on any atom is -0.382 e. The van der Waals surface area contributed by atoms with Crippen molar-refractivity contribution in [3.8, 4) is 0 Å². The Bertz CT molecular complexity index is 566. The van der Waals surface area contributed by atoms with E-state index >= 15 is 0 Å². The van der Waals surface area contributed by atoms with E-state index in [2.05, 4.69) is 24.1 Å². The third-order valence-electron chi connectivity index (χ3n) is 5.64. The van der Waals surface area contributed by atoms with Gasteiger partial charge in [0.1, 0.15) is 0 Å². The van der Waals surface area contributed by atoms with Crippen molar-refractivity contribution in [3.63, 3.8) is 0 Å². The highest BCUT2D eigenvalue weighted by atomic mass is 32.1. The lowest BCUT2D eigenvalue weighted by Crippen LogP contribution is -2.34. The van der Waals surface area contributed by atoms with Gasteiger partial charge in [-0.1, -0.05) is 6.58 Å². The van der Waals surface area contributed by atoms with Gasteiger partial charge in [0.25, 0.3) is 0 Å². The third-order valence-corrected chi connectivity index (χ3v) is 6.87. The normalized spacial score (nSPS) is 22.6. The largest absolute Gasteiger partial charge is 0.382 e. The van der Waals surface area contributed by atoms with Crippen molar-refractivity contribution in [2.75, 3.05) is 5.32 Å². The molecule has 0 bridgehead atoms. The maximum Gasteiger partial charge on any atom is 0.0984 e. The number of fused-ring (bicyclic) bond motifs is 1. The Hall–Kier alpha value is -0.960. The molecule has 3 aliphatic carbocycles. The third kappa shape index (κ3) is 2.80.